The predicted octanol–water partition coefficient (Wildman–Crippen LogP) is 1.98. The van der Waals surface area contributed by atoms with Gasteiger partial charge in [0.1, 0.15) is 18.0 Å². The van der Waals surface area contributed by atoms with Gasteiger partial charge in [-0.25, -0.2) is 0 Å². The minimum Gasteiger partial charge on any atom is -0.508 e. The molecule has 0 unspecified atom stereocenters. The van der Waals surface area contributed by atoms with Crippen LogP contribution in [0.5, 0.6) is 11.5 Å². The van der Waals surface area contributed by atoms with E-state index >= 15 is 0 Å². The molecule has 0 radical (unpaired) electrons. The van der Waals surface area contributed by atoms with Gasteiger partial charge in [0.25, 0.3) is 5.91 Å². The van der Waals surface area contributed by atoms with Crippen LogP contribution < -0.4 is 4.74 Å². The SMILES string of the molecule is COc1cc(O)ccc1/C=C(\SC=S)C(=O)N(C)CC(=O)O. The molecule has 118 valence electrons. The molecule has 1 amide bonds. The van der Waals surface area contributed by atoms with Gasteiger partial charge in [-0.05, 0) is 18.2 Å². The number of methoxy groups -OCH3 is 1. The van der Waals surface area contributed by atoms with E-state index in [2.05, 4.69) is 0 Å². The third kappa shape index (κ3) is 5.05. The van der Waals surface area contributed by atoms with Gasteiger partial charge >= 0.3 is 5.97 Å². The van der Waals surface area contributed by atoms with Gasteiger partial charge in [0.2, 0.25) is 0 Å². The summed E-state index contributed by atoms with van der Waals surface area (Å²) in [6, 6.07) is 4.46. The number of carboxylic acids is 1. The fourth-order valence-electron chi connectivity index (χ4n) is 1.62. The average molecular weight is 341 g/mol. The van der Waals surface area contributed by atoms with Crippen LogP contribution >= 0.6 is 24.0 Å². The Kier molecular flexibility index (Phi) is 6.87. The molecule has 0 aliphatic rings. The summed E-state index contributed by atoms with van der Waals surface area (Å²) in [7, 11) is 2.83. The quantitative estimate of drug-likeness (QED) is 0.579. The number of ether oxygens (including phenoxy) is 1. The molecule has 6 nitrogen and oxygen atoms in total. The number of rotatable bonds is 7. The number of benzene rings is 1. The van der Waals surface area contributed by atoms with Crippen LogP contribution in [-0.4, -0.2) is 52.4 Å². The molecule has 1 rings (SSSR count). The van der Waals surface area contributed by atoms with E-state index in [0.29, 0.717) is 11.3 Å². The van der Waals surface area contributed by atoms with Crippen molar-refractivity contribution in [3.63, 3.8) is 0 Å². The van der Waals surface area contributed by atoms with Gasteiger partial charge in [0.05, 0.1) is 12.0 Å². The van der Waals surface area contributed by atoms with Crippen molar-refractivity contribution in [2.75, 3.05) is 20.7 Å². The molecule has 0 heterocycles. The highest BCUT2D eigenvalue weighted by Gasteiger charge is 2.18. The first kappa shape index (κ1) is 18.0. The largest absolute Gasteiger partial charge is 0.508 e. The van der Waals surface area contributed by atoms with Crippen molar-refractivity contribution in [3.05, 3.63) is 28.7 Å². The fourth-order valence-corrected chi connectivity index (χ4v) is 2.49. The third-order valence-electron chi connectivity index (χ3n) is 2.61. The number of aromatic hydroxyl groups is 1. The number of carboxylic acid groups (broad SMARTS) is 1. The van der Waals surface area contributed by atoms with Crippen LogP contribution in [0.25, 0.3) is 6.08 Å². The number of nitrogens with zero attached hydrogens (tertiary/aromatic N) is 1. The first-order valence-electron chi connectivity index (χ1n) is 6.05. The highest BCUT2D eigenvalue weighted by atomic mass is 32.2. The summed E-state index contributed by atoms with van der Waals surface area (Å²) in [5.74, 6) is -1.16. The summed E-state index contributed by atoms with van der Waals surface area (Å²) < 4.78 is 6.45. The molecule has 0 fully saturated rings. The minimum absolute atomic E-state index is 0.0346. The second-order valence-electron chi connectivity index (χ2n) is 4.20. The number of carbonyl (C=O) groups excluding carboxylic acids is 1. The zero-order chi connectivity index (χ0) is 16.7. The standard InChI is InChI=1S/C14H15NO5S2/c1-15(7-13(17)18)14(19)12(22-8-21)5-9-3-4-10(16)6-11(9)20-2/h3-6,8,16H,7H2,1-2H3,(H,17,18)/b12-5-. The molecule has 0 aliphatic heterocycles. The summed E-state index contributed by atoms with van der Waals surface area (Å²) in [4.78, 5) is 24.3. The number of aliphatic carboxylic acids is 1. The Hall–Kier alpha value is -2.06. The van der Waals surface area contributed by atoms with Crippen molar-refractivity contribution in [1.29, 1.82) is 0 Å². The van der Waals surface area contributed by atoms with Crippen molar-refractivity contribution in [2.45, 2.75) is 0 Å². The third-order valence-corrected chi connectivity index (χ3v) is 3.54. The van der Waals surface area contributed by atoms with Crippen molar-refractivity contribution in [1.82, 2.24) is 4.90 Å². The lowest BCUT2D eigenvalue weighted by Gasteiger charge is -2.16. The molecular formula is C14H15NO5S2. The lowest BCUT2D eigenvalue weighted by molar-refractivity contribution is -0.141. The van der Waals surface area contributed by atoms with Gasteiger partial charge in [-0.3, -0.25) is 9.59 Å². The van der Waals surface area contributed by atoms with E-state index in [4.69, 9.17) is 22.1 Å². The molecule has 8 heteroatoms. The maximum atomic E-state index is 12.3. The van der Waals surface area contributed by atoms with Crippen LogP contribution in [0.2, 0.25) is 0 Å². The van der Waals surface area contributed by atoms with Crippen LogP contribution in [0, 0.1) is 0 Å². The van der Waals surface area contributed by atoms with E-state index in [1.54, 1.807) is 6.07 Å². The summed E-state index contributed by atoms with van der Waals surface area (Å²) in [5.41, 5.74) is 0.566. The maximum Gasteiger partial charge on any atom is 0.323 e. The van der Waals surface area contributed by atoms with E-state index in [0.717, 1.165) is 16.7 Å². The number of thioether (sulfide) groups is 1. The van der Waals surface area contributed by atoms with Gasteiger partial charge in [0, 0.05) is 23.4 Å². The monoisotopic (exact) mass is 341 g/mol. The van der Waals surface area contributed by atoms with Crippen LogP contribution in [-0.2, 0) is 9.59 Å². The number of hydrogen-bond acceptors (Lipinski definition) is 6. The Morgan fingerprint density at radius 1 is 1.45 bits per heavy atom. The predicted molar refractivity (Wildman–Crippen MR) is 89.2 cm³/mol. The number of carbonyl (C=O) groups is 2. The number of phenolic OH excluding ortho intramolecular Hbond substituents is 1. The van der Waals surface area contributed by atoms with Crippen LogP contribution in [0.1, 0.15) is 5.56 Å². The Morgan fingerprint density at radius 3 is 2.68 bits per heavy atom. The van der Waals surface area contributed by atoms with Crippen LogP contribution in [0.3, 0.4) is 0 Å². The maximum absolute atomic E-state index is 12.3. The number of likely N-dealkylation sites (N-methyl/N-ethyl adjacent to an activating group) is 1. The fraction of sp³-hybridized carbons (Fsp3) is 0.214. The lowest BCUT2D eigenvalue weighted by Crippen LogP contribution is -2.32. The van der Waals surface area contributed by atoms with Gasteiger partial charge in [-0.1, -0.05) is 24.0 Å². The summed E-state index contributed by atoms with van der Waals surface area (Å²) in [6.07, 6.45) is 1.53. The molecule has 0 spiro atoms. The van der Waals surface area contributed by atoms with Gasteiger partial charge in [-0.15, -0.1) is 0 Å². The van der Waals surface area contributed by atoms with E-state index in [9.17, 15) is 14.7 Å². The highest BCUT2D eigenvalue weighted by molar-refractivity contribution is 8.24. The van der Waals surface area contributed by atoms with Crippen LogP contribution in [0.15, 0.2) is 23.1 Å². The number of amides is 1. The van der Waals surface area contributed by atoms with E-state index in [1.807, 2.05) is 0 Å². The molecule has 0 bridgehead atoms. The van der Waals surface area contributed by atoms with Gasteiger partial charge < -0.3 is 19.8 Å². The molecule has 1 aromatic carbocycles. The molecule has 2 N–H and O–H groups in total. The first-order valence-corrected chi connectivity index (χ1v) is 7.40. The Balaban J connectivity index is 3.16. The molecule has 0 aliphatic carbocycles. The second kappa shape index (κ2) is 8.40. The molecule has 0 atom stereocenters. The van der Waals surface area contributed by atoms with E-state index in [-0.39, 0.29) is 10.7 Å². The second-order valence-corrected chi connectivity index (χ2v) is 5.65. The van der Waals surface area contributed by atoms with Crippen molar-refractivity contribution >= 4 is 46.6 Å². The number of hydrogen-bond donors (Lipinski definition) is 2. The molecule has 22 heavy (non-hydrogen) atoms. The number of thiocarbonyl (C=S) groups is 1. The topological polar surface area (TPSA) is 87.1 Å². The first-order chi connectivity index (χ1) is 10.4. The summed E-state index contributed by atoms with van der Waals surface area (Å²) in [5, 5.41) is 18.2. The summed E-state index contributed by atoms with van der Waals surface area (Å²) >= 11 is 5.77. The lowest BCUT2D eigenvalue weighted by atomic mass is 10.1. The van der Waals surface area contributed by atoms with Crippen molar-refractivity contribution < 1.29 is 24.5 Å². The van der Waals surface area contributed by atoms with E-state index < -0.39 is 18.4 Å². The molecule has 0 aromatic heterocycles. The molecule has 1 aromatic rings. The Morgan fingerprint density at radius 2 is 2.14 bits per heavy atom. The minimum atomic E-state index is -1.11. The Labute approximate surface area is 137 Å². The van der Waals surface area contributed by atoms with Crippen LogP contribution in [0.4, 0.5) is 0 Å². The Bertz CT molecular complexity index is 615. The van der Waals surface area contributed by atoms with Crippen molar-refractivity contribution in [3.8, 4) is 11.5 Å². The molecule has 0 saturated carbocycles. The van der Waals surface area contributed by atoms with Gasteiger partial charge in [0.15, 0.2) is 0 Å². The zero-order valence-corrected chi connectivity index (χ0v) is 13.6. The molecular weight excluding hydrogens is 326 g/mol. The average Bonchev–Trinajstić information content (AvgIpc) is 2.46. The zero-order valence-electron chi connectivity index (χ0n) is 12.0. The normalized spacial score (nSPS) is 10.9. The smallest absolute Gasteiger partial charge is 0.323 e. The summed E-state index contributed by atoms with van der Waals surface area (Å²) in [6.45, 7) is -0.416. The van der Waals surface area contributed by atoms with Crippen molar-refractivity contribution in [2.24, 2.45) is 0 Å². The molecule has 0 saturated heterocycles. The highest BCUT2D eigenvalue weighted by Crippen LogP contribution is 2.28. The van der Waals surface area contributed by atoms with E-state index in [1.165, 1.54) is 37.1 Å². The number of phenols is 1. The van der Waals surface area contributed by atoms with Gasteiger partial charge in [-0.2, -0.15) is 0 Å².